The molecular weight excluding hydrogens is 284 g/mol. The number of amides is 2. The Hall–Kier alpha value is -2.70. The van der Waals surface area contributed by atoms with Crippen LogP contribution in [0.3, 0.4) is 0 Å². The van der Waals surface area contributed by atoms with Crippen molar-refractivity contribution in [3.63, 3.8) is 0 Å². The Bertz CT molecular complexity index is 725. The second kappa shape index (κ2) is 5.59. The van der Waals surface area contributed by atoms with Gasteiger partial charge in [-0.1, -0.05) is 0 Å². The summed E-state index contributed by atoms with van der Waals surface area (Å²) in [4.78, 5) is 33.8. The fourth-order valence-corrected chi connectivity index (χ4v) is 2.65. The van der Waals surface area contributed by atoms with E-state index < -0.39 is 5.91 Å². The smallest absolute Gasteiger partial charge is 0.256 e. The van der Waals surface area contributed by atoms with Gasteiger partial charge in [0, 0.05) is 18.9 Å². The average molecular weight is 300 g/mol. The van der Waals surface area contributed by atoms with Gasteiger partial charge in [0.15, 0.2) is 0 Å². The van der Waals surface area contributed by atoms with Gasteiger partial charge in [0.25, 0.3) is 5.91 Å². The van der Waals surface area contributed by atoms with Gasteiger partial charge in [-0.15, -0.1) is 0 Å². The minimum atomic E-state index is -0.608. The standard InChI is InChI=1S/C15H16N4O3/c1-9-8-22-14(18-9)12-3-2-4-19(12)15(21)11-5-10(13(16)20)6-17-7-11/h5-8,12H,2-4H2,1H3,(H2,16,20). The van der Waals surface area contributed by atoms with Gasteiger partial charge < -0.3 is 15.1 Å². The van der Waals surface area contributed by atoms with Crippen molar-refractivity contribution in [2.75, 3.05) is 6.54 Å². The summed E-state index contributed by atoms with van der Waals surface area (Å²) in [6.45, 7) is 2.46. The first kappa shape index (κ1) is 14.2. The molecule has 0 spiro atoms. The van der Waals surface area contributed by atoms with Gasteiger partial charge in [-0.2, -0.15) is 0 Å². The van der Waals surface area contributed by atoms with Crippen molar-refractivity contribution in [1.82, 2.24) is 14.9 Å². The summed E-state index contributed by atoms with van der Waals surface area (Å²) in [5.41, 5.74) is 6.57. The number of likely N-dealkylation sites (tertiary alicyclic amines) is 1. The van der Waals surface area contributed by atoms with E-state index in [1.807, 2.05) is 6.92 Å². The Kier molecular flexibility index (Phi) is 3.62. The normalized spacial score (nSPS) is 17.7. The zero-order chi connectivity index (χ0) is 15.7. The topological polar surface area (TPSA) is 102 Å². The maximum atomic E-state index is 12.7. The summed E-state index contributed by atoms with van der Waals surface area (Å²) in [6.07, 6.45) is 6.03. The van der Waals surface area contributed by atoms with Gasteiger partial charge in [-0.25, -0.2) is 4.98 Å². The number of rotatable bonds is 3. The van der Waals surface area contributed by atoms with Crippen LogP contribution in [0.15, 0.2) is 29.1 Å². The number of aryl methyl sites for hydroxylation is 1. The molecule has 1 aliphatic heterocycles. The lowest BCUT2D eigenvalue weighted by atomic mass is 10.1. The predicted octanol–water partition coefficient (Wildman–Crippen LogP) is 1.45. The molecule has 3 heterocycles. The second-order valence-electron chi connectivity index (χ2n) is 5.31. The van der Waals surface area contributed by atoms with Crippen LogP contribution in [-0.2, 0) is 0 Å². The largest absolute Gasteiger partial charge is 0.446 e. The Morgan fingerprint density at radius 2 is 2.14 bits per heavy atom. The molecule has 0 aromatic carbocycles. The van der Waals surface area contributed by atoms with Crippen molar-refractivity contribution in [2.24, 2.45) is 5.73 Å². The number of carbonyl (C=O) groups excluding carboxylic acids is 2. The highest BCUT2D eigenvalue weighted by molar-refractivity contribution is 5.98. The van der Waals surface area contributed by atoms with Crippen LogP contribution in [0.4, 0.5) is 0 Å². The van der Waals surface area contributed by atoms with Crippen LogP contribution in [0.1, 0.15) is 51.2 Å². The van der Waals surface area contributed by atoms with Gasteiger partial charge in [0.1, 0.15) is 12.3 Å². The van der Waals surface area contributed by atoms with E-state index in [4.69, 9.17) is 10.2 Å². The van der Waals surface area contributed by atoms with E-state index in [9.17, 15) is 9.59 Å². The molecule has 1 aliphatic rings. The van der Waals surface area contributed by atoms with E-state index in [2.05, 4.69) is 9.97 Å². The minimum absolute atomic E-state index is 0.182. The summed E-state index contributed by atoms with van der Waals surface area (Å²) in [7, 11) is 0. The monoisotopic (exact) mass is 300 g/mol. The number of nitrogens with two attached hydrogens (primary N) is 1. The molecule has 0 radical (unpaired) electrons. The van der Waals surface area contributed by atoms with E-state index in [1.165, 1.54) is 18.5 Å². The SMILES string of the molecule is Cc1coc(C2CCCN2C(=O)c2cncc(C(N)=O)c2)n1. The highest BCUT2D eigenvalue weighted by Crippen LogP contribution is 2.32. The molecular formula is C15H16N4O3. The lowest BCUT2D eigenvalue weighted by Crippen LogP contribution is -2.31. The molecule has 2 aromatic heterocycles. The molecule has 1 unspecified atom stereocenters. The molecule has 7 heteroatoms. The number of nitrogens with zero attached hydrogens (tertiary/aromatic N) is 3. The average Bonchev–Trinajstić information content (AvgIpc) is 3.15. The third kappa shape index (κ3) is 2.57. The van der Waals surface area contributed by atoms with E-state index in [-0.39, 0.29) is 17.5 Å². The van der Waals surface area contributed by atoms with Crippen LogP contribution in [0.5, 0.6) is 0 Å². The highest BCUT2D eigenvalue weighted by Gasteiger charge is 2.33. The van der Waals surface area contributed by atoms with Crippen molar-refractivity contribution in [3.8, 4) is 0 Å². The van der Waals surface area contributed by atoms with E-state index in [0.29, 0.717) is 18.0 Å². The van der Waals surface area contributed by atoms with E-state index >= 15 is 0 Å². The summed E-state index contributed by atoms with van der Waals surface area (Å²) in [5, 5.41) is 0. The van der Waals surface area contributed by atoms with Gasteiger partial charge in [0.2, 0.25) is 11.8 Å². The van der Waals surface area contributed by atoms with Gasteiger partial charge >= 0.3 is 0 Å². The van der Waals surface area contributed by atoms with E-state index in [1.54, 1.807) is 11.2 Å². The van der Waals surface area contributed by atoms with Crippen LogP contribution < -0.4 is 5.73 Å². The maximum absolute atomic E-state index is 12.7. The Morgan fingerprint density at radius 3 is 2.82 bits per heavy atom. The van der Waals surface area contributed by atoms with Crippen molar-refractivity contribution in [3.05, 3.63) is 47.4 Å². The third-order valence-corrected chi connectivity index (χ3v) is 3.71. The molecule has 1 fully saturated rings. The number of carbonyl (C=O) groups is 2. The summed E-state index contributed by atoms with van der Waals surface area (Å²) >= 11 is 0. The van der Waals surface area contributed by atoms with Crippen LogP contribution in [0.25, 0.3) is 0 Å². The molecule has 2 amide bonds. The van der Waals surface area contributed by atoms with Crippen molar-refractivity contribution in [1.29, 1.82) is 0 Å². The first-order valence-corrected chi connectivity index (χ1v) is 7.04. The molecule has 0 saturated carbocycles. The van der Waals surface area contributed by atoms with Crippen molar-refractivity contribution < 1.29 is 14.0 Å². The zero-order valence-electron chi connectivity index (χ0n) is 12.2. The maximum Gasteiger partial charge on any atom is 0.256 e. The molecule has 0 aliphatic carbocycles. The zero-order valence-corrected chi connectivity index (χ0v) is 12.2. The van der Waals surface area contributed by atoms with Crippen molar-refractivity contribution in [2.45, 2.75) is 25.8 Å². The fourth-order valence-electron chi connectivity index (χ4n) is 2.65. The van der Waals surface area contributed by atoms with Crippen LogP contribution in [0.2, 0.25) is 0 Å². The van der Waals surface area contributed by atoms with Crippen LogP contribution in [0, 0.1) is 6.92 Å². The lowest BCUT2D eigenvalue weighted by molar-refractivity contribution is 0.0715. The van der Waals surface area contributed by atoms with Crippen molar-refractivity contribution >= 4 is 11.8 Å². The number of hydrogen-bond acceptors (Lipinski definition) is 5. The first-order chi connectivity index (χ1) is 10.6. The number of aromatic nitrogens is 2. The Morgan fingerprint density at radius 1 is 1.36 bits per heavy atom. The summed E-state index contributed by atoms with van der Waals surface area (Å²) in [5.74, 6) is -0.264. The predicted molar refractivity (Wildman–Crippen MR) is 77.0 cm³/mol. The fraction of sp³-hybridized carbons (Fsp3) is 0.333. The molecule has 114 valence electrons. The molecule has 1 saturated heterocycles. The quantitative estimate of drug-likeness (QED) is 0.924. The van der Waals surface area contributed by atoms with E-state index in [0.717, 1.165) is 18.5 Å². The molecule has 22 heavy (non-hydrogen) atoms. The molecule has 1 atom stereocenters. The summed E-state index contributed by atoms with van der Waals surface area (Å²) < 4.78 is 5.43. The number of hydrogen-bond donors (Lipinski definition) is 1. The number of primary amides is 1. The molecule has 0 bridgehead atoms. The number of oxazole rings is 1. The van der Waals surface area contributed by atoms with Gasteiger partial charge in [0.05, 0.1) is 16.8 Å². The molecule has 7 nitrogen and oxygen atoms in total. The molecule has 2 aromatic rings. The highest BCUT2D eigenvalue weighted by atomic mass is 16.3. The minimum Gasteiger partial charge on any atom is -0.446 e. The lowest BCUT2D eigenvalue weighted by Gasteiger charge is -2.22. The van der Waals surface area contributed by atoms with Gasteiger partial charge in [-0.05, 0) is 25.8 Å². The van der Waals surface area contributed by atoms with Gasteiger partial charge in [-0.3, -0.25) is 14.6 Å². The number of pyridine rings is 1. The van der Waals surface area contributed by atoms with Crippen LogP contribution in [-0.4, -0.2) is 33.2 Å². The molecule has 3 rings (SSSR count). The Labute approximate surface area is 127 Å². The Balaban J connectivity index is 1.87. The molecule has 2 N–H and O–H groups in total. The second-order valence-corrected chi connectivity index (χ2v) is 5.31. The van der Waals surface area contributed by atoms with Crippen LogP contribution >= 0.6 is 0 Å². The first-order valence-electron chi connectivity index (χ1n) is 7.04. The third-order valence-electron chi connectivity index (χ3n) is 3.71. The summed E-state index contributed by atoms with van der Waals surface area (Å²) in [6, 6.07) is 1.28.